The van der Waals surface area contributed by atoms with Crippen LogP contribution in [0.15, 0.2) is 0 Å². The van der Waals surface area contributed by atoms with E-state index in [1.165, 1.54) is 0 Å². The summed E-state index contributed by atoms with van der Waals surface area (Å²) in [6.45, 7) is 13.5. The minimum Gasteiger partial charge on any atom is -0.468 e. The second kappa shape index (κ2) is 6.90. The van der Waals surface area contributed by atoms with Gasteiger partial charge in [-0.25, -0.2) is 0 Å². The molecule has 0 bridgehead atoms. The molecule has 0 aliphatic carbocycles. The summed E-state index contributed by atoms with van der Waals surface area (Å²) < 4.78 is 35.9. The van der Waals surface area contributed by atoms with Crippen LogP contribution in [-0.4, -0.2) is 72.1 Å². The van der Waals surface area contributed by atoms with Gasteiger partial charge in [0.05, 0.1) is 0 Å². The Hall–Kier alpha value is -0.510. The first-order valence-electron chi connectivity index (χ1n) is 8.94. The first-order valence-corrected chi connectivity index (χ1v) is 9.35. The van der Waals surface area contributed by atoms with Crippen molar-refractivity contribution in [3.8, 4) is 0 Å². The fourth-order valence-electron chi connectivity index (χ4n) is 3.55. The number of fused-ring (bicyclic) bond motifs is 3. The van der Waals surface area contributed by atoms with Crippen LogP contribution in [0, 0.1) is 0 Å². The van der Waals surface area contributed by atoms with Crippen LogP contribution in [-0.2, 0) is 28.4 Å². The van der Waals surface area contributed by atoms with Crippen LogP contribution in [0.5, 0.6) is 0 Å². The van der Waals surface area contributed by atoms with E-state index >= 15 is 0 Å². The van der Waals surface area contributed by atoms with E-state index in [2.05, 4.69) is 0 Å². The minimum atomic E-state index is -0.720. The lowest BCUT2D eigenvalue weighted by atomic mass is 9.99. The first-order chi connectivity index (χ1) is 11.7. The molecular weight excluding hydrogens is 346 g/mol. The van der Waals surface area contributed by atoms with E-state index in [0.29, 0.717) is 5.17 Å². The summed E-state index contributed by atoms with van der Waals surface area (Å²) in [5.41, 5.74) is 0. The van der Waals surface area contributed by atoms with E-state index < -0.39 is 17.9 Å². The number of hydrogen-bond donors (Lipinski definition) is 0. The van der Waals surface area contributed by atoms with Gasteiger partial charge in [0, 0.05) is 13.1 Å². The lowest BCUT2D eigenvalue weighted by Crippen LogP contribution is -2.56. The molecule has 0 aromatic carbocycles. The molecule has 0 saturated carbocycles. The van der Waals surface area contributed by atoms with Crippen LogP contribution in [0.1, 0.15) is 41.5 Å². The van der Waals surface area contributed by atoms with Gasteiger partial charge in [-0.05, 0) is 53.8 Å². The van der Waals surface area contributed by atoms with Crippen molar-refractivity contribution in [3.63, 3.8) is 0 Å². The molecule has 7 nitrogen and oxygen atoms in total. The summed E-state index contributed by atoms with van der Waals surface area (Å²) in [4.78, 5) is 1.98. The molecule has 3 aliphatic rings. The van der Waals surface area contributed by atoms with Crippen LogP contribution in [0.4, 0.5) is 0 Å². The molecule has 0 radical (unpaired) electrons. The molecule has 3 aliphatic heterocycles. The molecule has 5 atom stereocenters. The van der Waals surface area contributed by atoms with Crippen molar-refractivity contribution in [2.75, 3.05) is 19.7 Å². The Balaban J connectivity index is 1.70. The zero-order chi connectivity index (χ0) is 18.4. The van der Waals surface area contributed by atoms with E-state index in [1.54, 1.807) is 0 Å². The predicted octanol–water partition coefficient (Wildman–Crippen LogP) is 2.03. The van der Waals surface area contributed by atoms with Crippen LogP contribution >= 0.6 is 12.2 Å². The minimum absolute atomic E-state index is 0.272. The van der Waals surface area contributed by atoms with Crippen LogP contribution in [0.2, 0.25) is 0 Å². The van der Waals surface area contributed by atoms with E-state index in [9.17, 15) is 0 Å². The Morgan fingerprint density at radius 3 is 2.12 bits per heavy atom. The first kappa shape index (κ1) is 19.3. The largest absolute Gasteiger partial charge is 0.468 e. The summed E-state index contributed by atoms with van der Waals surface area (Å²) in [6.07, 6.45) is -1.75. The molecule has 0 N–H and O–H groups in total. The highest BCUT2D eigenvalue weighted by Crippen LogP contribution is 2.44. The molecular formula is C17H29NO6S. The molecule has 3 saturated heterocycles. The standard InChI is InChI=1S/C17H29NO6S/c1-7-18(8-2)15(25)19-9-10-11-12(22-16(3,4)21-11)13-14(20-10)24-17(5,6)23-13/h10-14H,7-9H2,1-6H3/t10-,11+,12+,13-,14-/m1/s1. The third kappa shape index (κ3) is 3.94. The van der Waals surface area contributed by atoms with Crippen LogP contribution in [0.25, 0.3) is 0 Å². The molecule has 144 valence electrons. The number of thiocarbonyl (C=S) groups is 1. The van der Waals surface area contributed by atoms with E-state index in [-0.39, 0.29) is 31.0 Å². The van der Waals surface area contributed by atoms with Crippen molar-refractivity contribution in [2.45, 2.75) is 83.8 Å². The fraction of sp³-hybridized carbons (Fsp3) is 0.941. The third-order valence-corrected chi connectivity index (χ3v) is 5.02. The van der Waals surface area contributed by atoms with Gasteiger partial charge >= 0.3 is 0 Å². The summed E-state index contributed by atoms with van der Waals surface area (Å²) in [6, 6.07) is 0. The van der Waals surface area contributed by atoms with Gasteiger partial charge in [-0.1, -0.05) is 0 Å². The molecule has 0 aromatic heterocycles. The topological polar surface area (TPSA) is 58.6 Å². The SMILES string of the molecule is CCN(CC)C(=S)OC[C@H]1O[C@@H]2OC(C)(C)O[C@@H]2[C@H]2OC(C)(C)O[C@H]21. The fourth-order valence-corrected chi connectivity index (χ4v) is 3.88. The molecule has 8 heteroatoms. The van der Waals surface area contributed by atoms with Gasteiger partial charge in [-0.2, -0.15) is 0 Å². The van der Waals surface area contributed by atoms with Gasteiger partial charge in [0.25, 0.3) is 5.17 Å². The Morgan fingerprint density at radius 2 is 1.48 bits per heavy atom. The highest BCUT2D eigenvalue weighted by atomic mass is 32.1. The zero-order valence-electron chi connectivity index (χ0n) is 15.8. The van der Waals surface area contributed by atoms with Crippen LogP contribution in [0.3, 0.4) is 0 Å². The third-order valence-electron chi connectivity index (χ3n) is 4.64. The van der Waals surface area contributed by atoms with Crippen molar-refractivity contribution in [3.05, 3.63) is 0 Å². The maximum absolute atomic E-state index is 6.10. The molecule has 0 spiro atoms. The Morgan fingerprint density at radius 1 is 0.920 bits per heavy atom. The number of hydrogen-bond acceptors (Lipinski definition) is 7. The van der Waals surface area contributed by atoms with Crippen molar-refractivity contribution >= 4 is 17.4 Å². The van der Waals surface area contributed by atoms with Gasteiger partial charge in [-0.3, -0.25) is 0 Å². The summed E-state index contributed by atoms with van der Waals surface area (Å²) in [7, 11) is 0. The maximum Gasteiger partial charge on any atom is 0.259 e. The Labute approximate surface area is 154 Å². The van der Waals surface area contributed by atoms with Crippen molar-refractivity contribution in [1.82, 2.24) is 4.90 Å². The van der Waals surface area contributed by atoms with Crippen molar-refractivity contribution < 1.29 is 28.4 Å². The van der Waals surface area contributed by atoms with Gasteiger partial charge in [0.1, 0.15) is 31.0 Å². The highest BCUT2D eigenvalue weighted by Gasteiger charge is 2.60. The average Bonchev–Trinajstić information content (AvgIpc) is 3.00. The van der Waals surface area contributed by atoms with Crippen molar-refractivity contribution in [1.29, 1.82) is 0 Å². The normalized spacial score (nSPS) is 38.1. The van der Waals surface area contributed by atoms with Gasteiger partial charge in [0.2, 0.25) is 0 Å². The predicted molar refractivity (Wildman–Crippen MR) is 94.0 cm³/mol. The van der Waals surface area contributed by atoms with Gasteiger partial charge < -0.3 is 33.3 Å². The van der Waals surface area contributed by atoms with Gasteiger partial charge in [0.15, 0.2) is 17.9 Å². The lowest BCUT2D eigenvalue weighted by Gasteiger charge is -2.37. The molecule has 3 rings (SSSR count). The second-order valence-corrected chi connectivity index (χ2v) is 7.81. The van der Waals surface area contributed by atoms with E-state index in [4.69, 9.17) is 40.6 Å². The number of rotatable bonds is 4. The molecule has 3 heterocycles. The molecule has 0 aromatic rings. The Kier molecular flexibility index (Phi) is 5.32. The molecule has 0 unspecified atom stereocenters. The molecule has 3 fully saturated rings. The smallest absolute Gasteiger partial charge is 0.259 e. The lowest BCUT2D eigenvalue weighted by molar-refractivity contribution is -0.239. The van der Waals surface area contributed by atoms with Gasteiger partial charge in [-0.15, -0.1) is 0 Å². The monoisotopic (exact) mass is 375 g/mol. The van der Waals surface area contributed by atoms with Crippen LogP contribution < -0.4 is 0 Å². The summed E-state index contributed by atoms with van der Waals surface area (Å²) in [5, 5.41) is 0.467. The van der Waals surface area contributed by atoms with Crippen molar-refractivity contribution in [2.24, 2.45) is 0 Å². The zero-order valence-corrected chi connectivity index (χ0v) is 16.6. The quantitative estimate of drug-likeness (QED) is 0.692. The van der Waals surface area contributed by atoms with E-state index in [1.807, 2.05) is 46.4 Å². The maximum atomic E-state index is 6.10. The number of ether oxygens (including phenoxy) is 6. The van der Waals surface area contributed by atoms with E-state index in [0.717, 1.165) is 13.1 Å². The summed E-state index contributed by atoms with van der Waals surface area (Å²) in [5.74, 6) is -1.43. The second-order valence-electron chi connectivity index (χ2n) is 7.46. The Bertz CT molecular complexity index is 509. The highest BCUT2D eigenvalue weighted by molar-refractivity contribution is 7.80. The number of nitrogens with zero attached hydrogens (tertiary/aromatic N) is 1. The summed E-state index contributed by atoms with van der Waals surface area (Å²) >= 11 is 5.36. The average molecular weight is 375 g/mol. The molecule has 0 amide bonds. The molecule has 25 heavy (non-hydrogen) atoms.